The fourth-order valence-corrected chi connectivity index (χ4v) is 0.736. The summed E-state index contributed by atoms with van der Waals surface area (Å²) in [7, 11) is 0. The largest absolute Gasteiger partial charge is 0.397 e. The molecule has 0 saturated heterocycles. The number of nitrogens with one attached hydrogen (secondary N) is 1. The fourth-order valence-electron chi connectivity index (χ4n) is 0.736. The van der Waals surface area contributed by atoms with E-state index in [9.17, 15) is 18.0 Å². The third kappa shape index (κ3) is 7.19. The minimum atomic E-state index is -4.46. The van der Waals surface area contributed by atoms with Crippen LogP contribution in [0.15, 0.2) is 0 Å². The summed E-state index contributed by atoms with van der Waals surface area (Å²) in [5, 5.41) is 2.14. The smallest absolute Gasteiger partial charge is 0.352 e. The molecule has 0 aromatic rings. The van der Waals surface area contributed by atoms with E-state index in [1.54, 1.807) is 6.92 Å². The van der Waals surface area contributed by atoms with E-state index >= 15 is 0 Å². The minimum Gasteiger partial charge on any atom is -0.352 e. The van der Waals surface area contributed by atoms with Crippen molar-refractivity contribution in [1.82, 2.24) is 5.32 Å². The molecule has 13 heavy (non-hydrogen) atoms. The summed E-state index contributed by atoms with van der Waals surface area (Å²) >= 11 is 0. The van der Waals surface area contributed by atoms with Crippen LogP contribution in [0.2, 0.25) is 0 Å². The van der Waals surface area contributed by atoms with E-state index in [1.165, 1.54) is 0 Å². The van der Waals surface area contributed by atoms with Gasteiger partial charge in [-0.25, -0.2) is 0 Å². The monoisotopic (exact) mass is 193 g/mol. The molecule has 74 valence electrons. The van der Waals surface area contributed by atoms with Crippen LogP contribution in [-0.4, -0.2) is 18.1 Å². The molecular formula is C8H10F3NO. The Balaban J connectivity index is 3.83. The number of rotatable bonds is 3. The lowest BCUT2D eigenvalue weighted by atomic mass is 10.2. The van der Waals surface area contributed by atoms with Gasteiger partial charge in [-0.15, -0.1) is 12.3 Å². The van der Waals surface area contributed by atoms with Crippen LogP contribution in [0.3, 0.4) is 0 Å². The van der Waals surface area contributed by atoms with E-state index in [0.29, 0.717) is 0 Å². The number of hydrogen-bond acceptors (Lipinski definition) is 1. The van der Waals surface area contributed by atoms with Gasteiger partial charge in [0, 0.05) is 12.5 Å². The van der Waals surface area contributed by atoms with Crippen molar-refractivity contribution in [2.45, 2.75) is 32.0 Å². The zero-order valence-corrected chi connectivity index (χ0v) is 7.11. The van der Waals surface area contributed by atoms with Gasteiger partial charge < -0.3 is 5.32 Å². The van der Waals surface area contributed by atoms with Crippen molar-refractivity contribution in [3.05, 3.63) is 0 Å². The molecule has 2 nitrogen and oxygen atoms in total. The highest BCUT2D eigenvalue weighted by atomic mass is 19.4. The molecule has 0 aliphatic carbocycles. The summed E-state index contributed by atoms with van der Waals surface area (Å²) in [4.78, 5) is 10.6. The van der Waals surface area contributed by atoms with Crippen LogP contribution in [-0.2, 0) is 4.79 Å². The van der Waals surface area contributed by atoms with Gasteiger partial charge in [0.25, 0.3) is 0 Å². The molecule has 0 heterocycles. The second kappa shape index (κ2) is 4.75. The van der Waals surface area contributed by atoms with Crippen molar-refractivity contribution in [3.63, 3.8) is 0 Å². The van der Waals surface area contributed by atoms with E-state index in [4.69, 9.17) is 6.42 Å². The average Bonchev–Trinajstić information content (AvgIpc) is 1.81. The van der Waals surface area contributed by atoms with Gasteiger partial charge in [-0.2, -0.15) is 13.2 Å². The summed E-state index contributed by atoms with van der Waals surface area (Å²) in [6, 6.07) is -0.417. The zero-order chi connectivity index (χ0) is 10.5. The van der Waals surface area contributed by atoms with Gasteiger partial charge in [0.05, 0.1) is 0 Å². The first-order valence-electron chi connectivity index (χ1n) is 3.64. The summed E-state index contributed by atoms with van der Waals surface area (Å²) in [6.07, 6.45) is -0.780. The number of hydrogen-bond donors (Lipinski definition) is 1. The van der Waals surface area contributed by atoms with Gasteiger partial charge in [0.1, 0.15) is 6.42 Å². The normalized spacial score (nSPS) is 13.2. The first-order valence-corrected chi connectivity index (χ1v) is 3.64. The standard InChI is InChI=1S/C8H10F3NO/c1-3-4-6(2)12-7(13)5-8(9,10)11/h1,6H,4-5H2,2H3,(H,12,13). The number of terminal acetylenes is 1. The van der Waals surface area contributed by atoms with Crippen molar-refractivity contribution >= 4 is 5.91 Å². The average molecular weight is 193 g/mol. The number of carbonyl (C=O) groups is 1. The SMILES string of the molecule is C#CCC(C)NC(=O)CC(F)(F)F. The molecule has 0 saturated carbocycles. The molecule has 1 unspecified atom stereocenters. The van der Waals surface area contributed by atoms with Crippen LogP contribution in [0.25, 0.3) is 0 Å². The number of carbonyl (C=O) groups excluding carboxylic acids is 1. The lowest BCUT2D eigenvalue weighted by molar-refractivity contribution is -0.154. The van der Waals surface area contributed by atoms with Gasteiger partial charge in [-0.05, 0) is 6.92 Å². The first kappa shape index (κ1) is 11.8. The van der Waals surface area contributed by atoms with Crippen molar-refractivity contribution in [3.8, 4) is 12.3 Å². The van der Waals surface area contributed by atoms with Gasteiger partial charge in [-0.3, -0.25) is 4.79 Å². The fraction of sp³-hybridized carbons (Fsp3) is 0.625. The molecule has 0 bridgehead atoms. The number of halogens is 3. The minimum absolute atomic E-state index is 0.226. The molecule has 5 heteroatoms. The predicted octanol–water partition coefficient (Wildman–Crippen LogP) is 1.47. The maximum Gasteiger partial charge on any atom is 0.397 e. The molecule has 0 aliphatic rings. The van der Waals surface area contributed by atoms with Crippen LogP contribution in [0, 0.1) is 12.3 Å². The lowest BCUT2D eigenvalue weighted by Gasteiger charge is -2.11. The summed E-state index contributed by atoms with van der Waals surface area (Å²) in [6.45, 7) is 1.55. The van der Waals surface area contributed by atoms with Crippen LogP contribution in [0.5, 0.6) is 0 Å². The van der Waals surface area contributed by atoms with E-state index in [0.717, 1.165) is 0 Å². The highest BCUT2D eigenvalue weighted by molar-refractivity contribution is 5.76. The topological polar surface area (TPSA) is 29.1 Å². The maximum absolute atomic E-state index is 11.6. The van der Waals surface area contributed by atoms with Crippen molar-refractivity contribution in [2.75, 3.05) is 0 Å². The Labute approximate surface area is 74.5 Å². The maximum atomic E-state index is 11.6. The Morgan fingerprint density at radius 2 is 2.15 bits per heavy atom. The van der Waals surface area contributed by atoms with Crippen LogP contribution in [0.1, 0.15) is 19.8 Å². The van der Waals surface area contributed by atoms with Crippen LogP contribution in [0.4, 0.5) is 13.2 Å². The third-order valence-electron chi connectivity index (χ3n) is 1.19. The third-order valence-corrected chi connectivity index (χ3v) is 1.19. The van der Waals surface area contributed by atoms with Gasteiger partial charge in [0.15, 0.2) is 0 Å². The van der Waals surface area contributed by atoms with Crippen LogP contribution >= 0.6 is 0 Å². The lowest BCUT2D eigenvalue weighted by Crippen LogP contribution is -2.35. The van der Waals surface area contributed by atoms with Crippen molar-refractivity contribution in [2.24, 2.45) is 0 Å². The zero-order valence-electron chi connectivity index (χ0n) is 7.11. The summed E-state index contributed by atoms with van der Waals surface area (Å²) in [5.41, 5.74) is 0. The Kier molecular flexibility index (Phi) is 4.32. The van der Waals surface area contributed by atoms with E-state index in [2.05, 4.69) is 11.2 Å². The highest BCUT2D eigenvalue weighted by Crippen LogP contribution is 2.18. The molecule has 0 spiro atoms. The highest BCUT2D eigenvalue weighted by Gasteiger charge is 2.31. The summed E-state index contributed by atoms with van der Waals surface area (Å²) in [5.74, 6) is 1.19. The Bertz CT molecular complexity index is 216. The Morgan fingerprint density at radius 3 is 2.54 bits per heavy atom. The molecule has 0 aromatic carbocycles. The number of alkyl halides is 3. The molecule has 0 aliphatic heterocycles. The van der Waals surface area contributed by atoms with E-state index in [1.807, 2.05) is 0 Å². The van der Waals surface area contributed by atoms with Gasteiger partial charge >= 0.3 is 6.18 Å². The van der Waals surface area contributed by atoms with Gasteiger partial charge in [0.2, 0.25) is 5.91 Å². The van der Waals surface area contributed by atoms with Crippen LogP contribution < -0.4 is 5.32 Å². The first-order chi connectivity index (χ1) is 5.85. The quantitative estimate of drug-likeness (QED) is 0.675. The summed E-state index contributed by atoms with van der Waals surface area (Å²) < 4.78 is 34.9. The van der Waals surface area contributed by atoms with E-state index in [-0.39, 0.29) is 6.42 Å². The predicted molar refractivity (Wildman–Crippen MR) is 41.7 cm³/mol. The molecule has 0 fully saturated rings. The molecule has 0 rings (SSSR count). The Morgan fingerprint density at radius 1 is 1.62 bits per heavy atom. The van der Waals surface area contributed by atoms with E-state index < -0.39 is 24.5 Å². The molecule has 0 aromatic heterocycles. The Hall–Kier alpha value is -1.18. The molecule has 1 amide bonds. The molecular weight excluding hydrogens is 183 g/mol. The molecule has 0 radical (unpaired) electrons. The van der Waals surface area contributed by atoms with Crippen molar-refractivity contribution in [1.29, 1.82) is 0 Å². The van der Waals surface area contributed by atoms with Crippen molar-refractivity contribution < 1.29 is 18.0 Å². The second-order valence-electron chi connectivity index (χ2n) is 2.67. The second-order valence-corrected chi connectivity index (χ2v) is 2.67. The number of amides is 1. The molecule has 1 N–H and O–H groups in total. The molecule has 1 atom stereocenters. The van der Waals surface area contributed by atoms with Gasteiger partial charge in [-0.1, -0.05) is 0 Å².